The lowest BCUT2D eigenvalue weighted by Gasteiger charge is -2.36. The van der Waals surface area contributed by atoms with Crippen LogP contribution in [0.4, 0.5) is 0 Å². The number of aryl methyl sites for hydroxylation is 1. The summed E-state index contributed by atoms with van der Waals surface area (Å²) in [5, 5.41) is 0. The van der Waals surface area contributed by atoms with Gasteiger partial charge in [-0.25, -0.2) is 0 Å². The maximum absolute atomic E-state index is 11.7. The second-order valence-electron chi connectivity index (χ2n) is 3.59. The Morgan fingerprint density at radius 1 is 1.64 bits per heavy atom. The smallest absolute Gasteiger partial charge is 0.289 e. The Balaban J connectivity index is 2.04. The standard InChI is InChI=1S/C10H14N2O2/c1-2-8-3-4-9(14-8)10(13)12-5-7(11)6-12/h3-4,7H,2,5-6,11H2,1H3. The molecule has 0 saturated carbocycles. The van der Waals surface area contributed by atoms with Gasteiger partial charge in [0.15, 0.2) is 5.76 Å². The van der Waals surface area contributed by atoms with Crippen molar-refractivity contribution in [3.63, 3.8) is 0 Å². The van der Waals surface area contributed by atoms with Crippen molar-refractivity contribution >= 4 is 5.91 Å². The zero-order chi connectivity index (χ0) is 10.1. The Bertz CT molecular complexity index is 340. The second-order valence-corrected chi connectivity index (χ2v) is 3.59. The highest BCUT2D eigenvalue weighted by Crippen LogP contribution is 2.15. The molecule has 4 nitrogen and oxygen atoms in total. The van der Waals surface area contributed by atoms with E-state index in [4.69, 9.17) is 10.2 Å². The molecule has 0 bridgehead atoms. The average Bonchev–Trinajstić information content (AvgIpc) is 2.60. The van der Waals surface area contributed by atoms with Gasteiger partial charge in [-0.15, -0.1) is 0 Å². The fraction of sp³-hybridized carbons (Fsp3) is 0.500. The molecule has 0 radical (unpaired) electrons. The topological polar surface area (TPSA) is 59.5 Å². The van der Waals surface area contributed by atoms with Crippen LogP contribution in [0.1, 0.15) is 23.2 Å². The van der Waals surface area contributed by atoms with Crippen LogP contribution in [0.15, 0.2) is 16.5 Å². The molecule has 1 aromatic heterocycles. The number of amides is 1. The first-order valence-corrected chi connectivity index (χ1v) is 4.84. The first-order valence-electron chi connectivity index (χ1n) is 4.84. The molecule has 1 aliphatic rings. The van der Waals surface area contributed by atoms with Crippen molar-refractivity contribution in [1.82, 2.24) is 4.90 Å². The molecule has 1 saturated heterocycles. The molecule has 76 valence electrons. The van der Waals surface area contributed by atoms with Crippen molar-refractivity contribution in [2.75, 3.05) is 13.1 Å². The minimum Gasteiger partial charge on any atom is -0.456 e. The summed E-state index contributed by atoms with van der Waals surface area (Å²) in [5.41, 5.74) is 5.59. The summed E-state index contributed by atoms with van der Waals surface area (Å²) in [4.78, 5) is 13.4. The third-order valence-corrected chi connectivity index (χ3v) is 2.42. The molecule has 14 heavy (non-hydrogen) atoms. The molecule has 0 aliphatic carbocycles. The molecular weight excluding hydrogens is 180 g/mol. The Kier molecular flexibility index (Phi) is 2.29. The van der Waals surface area contributed by atoms with Crippen LogP contribution in [-0.2, 0) is 6.42 Å². The molecule has 4 heteroatoms. The zero-order valence-electron chi connectivity index (χ0n) is 8.19. The van der Waals surface area contributed by atoms with Crippen molar-refractivity contribution < 1.29 is 9.21 Å². The van der Waals surface area contributed by atoms with Gasteiger partial charge in [0.1, 0.15) is 5.76 Å². The number of nitrogens with two attached hydrogens (primary N) is 1. The molecule has 0 unspecified atom stereocenters. The largest absolute Gasteiger partial charge is 0.456 e. The summed E-state index contributed by atoms with van der Waals surface area (Å²) in [6, 6.07) is 3.71. The molecule has 1 aromatic rings. The Morgan fingerprint density at radius 3 is 2.86 bits per heavy atom. The highest BCUT2D eigenvalue weighted by atomic mass is 16.4. The van der Waals surface area contributed by atoms with Crippen molar-refractivity contribution in [2.24, 2.45) is 5.73 Å². The van der Waals surface area contributed by atoms with E-state index in [2.05, 4.69) is 0 Å². The van der Waals surface area contributed by atoms with E-state index < -0.39 is 0 Å². The molecule has 2 N–H and O–H groups in total. The van der Waals surface area contributed by atoms with E-state index in [1.165, 1.54) is 0 Å². The van der Waals surface area contributed by atoms with E-state index >= 15 is 0 Å². The third-order valence-electron chi connectivity index (χ3n) is 2.42. The van der Waals surface area contributed by atoms with Gasteiger partial charge in [0.25, 0.3) is 5.91 Å². The summed E-state index contributed by atoms with van der Waals surface area (Å²) in [6.07, 6.45) is 0.812. The van der Waals surface area contributed by atoms with E-state index in [0.717, 1.165) is 12.2 Å². The van der Waals surface area contributed by atoms with Crippen LogP contribution in [0.5, 0.6) is 0 Å². The predicted molar refractivity (Wildman–Crippen MR) is 52.0 cm³/mol. The molecule has 1 fully saturated rings. The normalized spacial score (nSPS) is 16.9. The number of hydrogen-bond acceptors (Lipinski definition) is 3. The van der Waals surface area contributed by atoms with Gasteiger partial charge >= 0.3 is 0 Å². The van der Waals surface area contributed by atoms with Gasteiger partial charge in [-0.05, 0) is 12.1 Å². The van der Waals surface area contributed by atoms with E-state index in [1.807, 2.05) is 13.0 Å². The maximum Gasteiger partial charge on any atom is 0.289 e. The van der Waals surface area contributed by atoms with Gasteiger partial charge in [0, 0.05) is 25.6 Å². The van der Waals surface area contributed by atoms with Gasteiger partial charge < -0.3 is 15.1 Å². The minimum atomic E-state index is -0.0496. The summed E-state index contributed by atoms with van der Waals surface area (Å²) in [6.45, 7) is 3.27. The summed E-state index contributed by atoms with van der Waals surface area (Å²) < 4.78 is 5.35. The van der Waals surface area contributed by atoms with Crippen LogP contribution in [0.3, 0.4) is 0 Å². The second kappa shape index (κ2) is 3.46. The summed E-state index contributed by atoms with van der Waals surface area (Å²) in [7, 11) is 0. The molecule has 0 atom stereocenters. The monoisotopic (exact) mass is 194 g/mol. The van der Waals surface area contributed by atoms with Crippen LogP contribution < -0.4 is 5.73 Å². The summed E-state index contributed by atoms with van der Waals surface area (Å²) >= 11 is 0. The van der Waals surface area contributed by atoms with Crippen LogP contribution in [0.25, 0.3) is 0 Å². The first kappa shape index (κ1) is 9.27. The van der Waals surface area contributed by atoms with E-state index in [9.17, 15) is 4.79 Å². The molecular formula is C10H14N2O2. The molecule has 0 spiro atoms. The fourth-order valence-corrected chi connectivity index (χ4v) is 1.52. The first-order chi connectivity index (χ1) is 6.70. The average molecular weight is 194 g/mol. The van der Waals surface area contributed by atoms with Gasteiger partial charge in [-0.3, -0.25) is 4.79 Å². The molecule has 1 aliphatic heterocycles. The van der Waals surface area contributed by atoms with E-state index in [1.54, 1.807) is 11.0 Å². The quantitative estimate of drug-likeness (QED) is 0.751. The SMILES string of the molecule is CCc1ccc(C(=O)N2CC(N)C2)o1. The number of hydrogen-bond donors (Lipinski definition) is 1. The lowest BCUT2D eigenvalue weighted by Crippen LogP contribution is -2.57. The molecule has 0 aromatic carbocycles. The van der Waals surface area contributed by atoms with Gasteiger partial charge in [0.05, 0.1) is 0 Å². The van der Waals surface area contributed by atoms with Crippen LogP contribution in [0.2, 0.25) is 0 Å². The lowest BCUT2D eigenvalue weighted by atomic mass is 10.1. The van der Waals surface area contributed by atoms with Gasteiger partial charge in [-0.2, -0.15) is 0 Å². The van der Waals surface area contributed by atoms with Crippen molar-refractivity contribution in [3.8, 4) is 0 Å². The van der Waals surface area contributed by atoms with Crippen LogP contribution in [0, 0.1) is 0 Å². The number of likely N-dealkylation sites (tertiary alicyclic amines) is 1. The highest BCUT2D eigenvalue weighted by Gasteiger charge is 2.29. The molecule has 2 rings (SSSR count). The lowest BCUT2D eigenvalue weighted by molar-refractivity contribution is 0.0573. The van der Waals surface area contributed by atoms with Crippen LogP contribution >= 0.6 is 0 Å². The minimum absolute atomic E-state index is 0.0496. The Hall–Kier alpha value is -1.29. The Labute approximate surface area is 82.7 Å². The highest BCUT2D eigenvalue weighted by molar-refractivity contribution is 5.92. The van der Waals surface area contributed by atoms with E-state index in [0.29, 0.717) is 18.8 Å². The van der Waals surface area contributed by atoms with Crippen molar-refractivity contribution in [2.45, 2.75) is 19.4 Å². The molecule has 2 heterocycles. The number of furan rings is 1. The maximum atomic E-state index is 11.7. The van der Waals surface area contributed by atoms with Crippen LogP contribution in [-0.4, -0.2) is 29.9 Å². The van der Waals surface area contributed by atoms with Gasteiger partial charge in [-0.1, -0.05) is 6.92 Å². The predicted octanol–water partition coefficient (Wildman–Crippen LogP) is 0.625. The van der Waals surface area contributed by atoms with Crippen molar-refractivity contribution in [1.29, 1.82) is 0 Å². The number of carbonyl (C=O) groups is 1. The summed E-state index contributed by atoms with van der Waals surface area (Å²) in [5.74, 6) is 1.22. The van der Waals surface area contributed by atoms with E-state index in [-0.39, 0.29) is 11.9 Å². The number of nitrogens with zero attached hydrogens (tertiary/aromatic N) is 1. The number of rotatable bonds is 2. The van der Waals surface area contributed by atoms with Crippen molar-refractivity contribution in [3.05, 3.63) is 23.7 Å². The fourth-order valence-electron chi connectivity index (χ4n) is 1.52. The van der Waals surface area contributed by atoms with Gasteiger partial charge in [0.2, 0.25) is 0 Å². The number of carbonyl (C=O) groups excluding carboxylic acids is 1. The Morgan fingerprint density at radius 2 is 2.36 bits per heavy atom. The molecule has 1 amide bonds. The third kappa shape index (κ3) is 1.53. The zero-order valence-corrected chi connectivity index (χ0v) is 8.19.